The van der Waals surface area contributed by atoms with Crippen LogP contribution in [0.15, 0.2) is 41.0 Å². The van der Waals surface area contributed by atoms with Crippen molar-refractivity contribution >= 4 is 23.5 Å². The van der Waals surface area contributed by atoms with E-state index in [-0.39, 0.29) is 17.2 Å². The highest BCUT2D eigenvalue weighted by Gasteiger charge is 2.19. The molecular weight excluding hydrogens is 324 g/mol. The first-order valence-electron chi connectivity index (χ1n) is 7.86. The Balaban J connectivity index is 2.11. The van der Waals surface area contributed by atoms with Crippen LogP contribution in [-0.4, -0.2) is 30.4 Å². The summed E-state index contributed by atoms with van der Waals surface area (Å²) in [6, 6.07) is 7.91. The fraction of sp³-hybridized carbons (Fsp3) is 0.278. The lowest BCUT2D eigenvalue weighted by Crippen LogP contribution is -2.35. The predicted octanol–water partition coefficient (Wildman–Crippen LogP) is 2.52. The van der Waals surface area contributed by atoms with E-state index in [9.17, 15) is 14.4 Å². The molecule has 2 aromatic rings. The van der Waals surface area contributed by atoms with Crippen molar-refractivity contribution < 1.29 is 23.5 Å². The van der Waals surface area contributed by atoms with E-state index >= 15 is 0 Å². The molecule has 2 rings (SSSR count). The number of carbonyl (C=O) groups excluding carboxylic acids is 3. The molecule has 0 fully saturated rings. The number of aryl methyl sites for hydroxylation is 1. The van der Waals surface area contributed by atoms with Crippen molar-refractivity contribution in [2.75, 3.05) is 11.9 Å². The highest BCUT2D eigenvalue weighted by molar-refractivity contribution is 6.03. The van der Waals surface area contributed by atoms with Gasteiger partial charge in [-0.1, -0.05) is 6.07 Å². The number of hydrogen-bond donors (Lipinski definition) is 2. The Morgan fingerprint density at radius 3 is 2.64 bits per heavy atom. The van der Waals surface area contributed by atoms with E-state index in [1.165, 1.54) is 25.3 Å². The summed E-state index contributed by atoms with van der Waals surface area (Å²) in [4.78, 5) is 35.9. The monoisotopic (exact) mass is 344 g/mol. The fourth-order valence-corrected chi connectivity index (χ4v) is 2.08. The maximum Gasteiger partial charge on any atom is 0.338 e. The topological polar surface area (TPSA) is 97.6 Å². The normalized spacial score (nSPS) is 11.5. The second-order valence-corrected chi connectivity index (χ2v) is 5.40. The van der Waals surface area contributed by atoms with E-state index in [0.717, 1.165) is 5.56 Å². The molecule has 1 atom stereocenters. The molecule has 132 valence electrons. The first-order chi connectivity index (χ1) is 11.9. The smallest absolute Gasteiger partial charge is 0.338 e. The molecule has 0 saturated heterocycles. The number of amides is 2. The number of rotatable bonds is 6. The molecule has 0 unspecified atom stereocenters. The number of esters is 1. The van der Waals surface area contributed by atoms with E-state index in [1.54, 1.807) is 32.0 Å². The molecule has 7 heteroatoms. The zero-order valence-corrected chi connectivity index (χ0v) is 14.3. The third kappa shape index (κ3) is 4.69. The molecule has 1 aromatic carbocycles. The number of hydrogen-bond acceptors (Lipinski definition) is 5. The molecule has 0 spiro atoms. The van der Waals surface area contributed by atoms with E-state index in [2.05, 4.69) is 10.6 Å². The lowest BCUT2D eigenvalue weighted by Gasteiger charge is -2.14. The Morgan fingerprint density at radius 2 is 2.00 bits per heavy atom. The van der Waals surface area contributed by atoms with Gasteiger partial charge in [-0.2, -0.15) is 0 Å². The summed E-state index contributed by atoms with van der Waals surface area (Å²) in [5, 5.41) is 5.27. The maximum absolute atomic E-state index is 12.2. The van der Waals surface area contributed by atoms with E-state index in [0.29, 0.717) is 12.2 Å². The van der Waals surface area contributed by atoms with Crippen molar-refractivity contribution in [3.05, 3.63) is 53.5 Å². The standard InChI is InChI=1S/C18H20N2O5/c1-4-19-16(21)12(3)25-18(23)13-8-7-11(2)14(10-13)20-17(22)15-6-5-9-24-15/h5-10,12H,4H2,1-3H3,(H,19,21)(H,20,22)/t12-/m1/s1. The number of carbonyl (C=O) groups is 3. The van der Waals surface area contributed by atoms with Gasteiger partial charge >= 0.3 is 5.97 Å². The van der Waals surface area contributed by atoms with Gasteiger partial charge < -0.3 is 19.8 Å². The average molecular weight is 344 g/mol. The molecule has 0 aliphatic rings. The molecule has 0 aliphatic heterocycles. The number of anilines is 1. The quantitative estimate of drug-likeness (QED) is 0.785. The zero-order valence-electron chi connectivity index (χ0n) is 14.3. The van der Waals surface area contributed by atoms with Crippen LogP contribution >= 0.6 is 0 Å². The van der Waals surface area contributed by atoms with E-state index in [4.69, 9.17) is 9.15 Å². The van der Waals surface area contributed by atoms with Gasteiger partial charge in [0.25, 0.3) is 11.8 Å². The molecule has 1 heterocycles. The number of benzene rings is 1. The summed E-state index contributed by atoms with van der Waals surface area (Å²) in [5.74, 6) is -1.27. The average Bonchev–Trinajstić information content (AvgIpc) is 3.11. The second kappa shape index (κ2) is 8.14. The van der Waals surface area contributed by atoms with Gasteiger partial charge in [0.15, 0.2) is 11.9 Å². The minimum Gasteiger partial charge on any atom is -0.459 e. The third-order valence-electron chi connectivity index (χ3n) is 3.47. The number of furan rings is 1. The lowest BCUT2D eigenvalue weighted by atomic mass is 10.1. The van der Waals surface area contributed by atoms with Crippen molar-refractivity contribution in [3.8, 4) is 0 Å². The summed E-state index contributed by atoms with van der Waals surface area (Å²) in [6.45, 7) is 5.52. The van der Waals surface area contributed by atoms with Gasteiger partial charge in [-0.3, -0.25) is 9.59 Å². The maximum atomic E-state index is 12.2. The van der Waals surface area contributed by atoms with Crippen molar-refractivity contribution in [1.82, 2.24) is 5.32 Å². The zero-order chi connectivity index (χ0) is 18.4. The Hall–Kier alpha value is -3.09. The van der Waals surface area contributed by atoms with E-state index < -0.39 is 18.0 Å². The molecule has 2 amide bonds. The molecule has 0 saturated carbocycles. The highest BCUT2D eigenvalue weighted by Crippen LogP contribution is 2.19. The van der Waals surface area contributed by atoms with Gasteiger partial charge in [0.05, 0.1) is 11.8 Å². The van der Waals surface area contributed by atoms with Crippen LogP contribution in [0.4, 0.5) is 5.69 Å². The summed E-state index contributed by atoms with van der Waals surface area (Å²) >= 11 is 0. The minimum absolute atomic E-state index is 0.164. The number of nitrogens with one attached hydrogen (secondary N) is 2. The van der Waals surface area contributed by atoms with Crippen LogP contribution in [0.25, 0.3) is 0 Å². The summed E-state index contributed by atoms with van der Waals surface area (Å²) in [7, 11) is 0. The highest BCUT2D eigenvalue weighted by atomic mass is 16.5. The van der Waals surface area contributed by atoms with Gasteiger partial charge in [-0.25, -0.2) is 4.79 Å². The molecule has 0 bridgehead atoms. The lowest BCUT2D eigenvalue weighted by molar-refractivity contribution is -0.128. The van der Waals surface area contributed by atoms with Crippen LogP contribution < -0.4 is 10.6 Å². The summed E-state index contributed by atoms with van der Waals surface area (Å²) in [6.07, 6.45) is 0.494. The van der Waals surface area contributed by atoms with Crippen LogP contribution in [0.1, 0.15) is 40.3 Å². The van der Waals surface area contributed by atoms with Crippen molar-refractivity contribution in [3.63, 3.8) is 0 Å². The molecule has 7 nitrogen and oxygen atoms in total. The third-order valence-corrected chi connectivity index (χ3v) is 3.47. The summed E-state index contributed by atoms with van der Waals surface area (Å²) < 4.78 is 10.2. The number of likely N-dealkylation sites (N-methyl/N-ethyl adjacent to an activating group) is 1. The molecular formula is C18H20N2O5. The van der Waals surface area contributed by atoms with Gasteiger partial charge in [0, 0.05) is 12.2 Å². The van der Waals surface area contributed by atoms with Crippen molar-refractivity contribution in [2.45, 2.75) is 26.9 Å². The fourth-order valence-electron chi connectivity index (χ4n) is 2.08. The minimum atomic E-state index is -0.907. The molecule has 0 radical (unpaired) electrons. The van der Waals surface area contributed by atoms with Crippen molar-refractivity contribution in [1.29, 1.82) is 0 Å². The van der Waals surface area contributed by atoms with Gasteiger partial charge in [0.1, 0.15) is 0 Å². The van der Waals surface area contributed by atoms with Crippen molar-refractivity contribution in [2.24, 2.45) is 0 Å². The van der Waals surface area contributed by atoms with Crippen LogP contribution in [0.2, 0.25) is 0 Å². The van der Waals surface area contributed by atoms with Crippen LogP contribution in [0.5, 0.6) is 0 Å². The molecule has 25 heavy (non-hydrogen) atoms. The molecule has 2 N–H and O–H groups in total. The van der Waals surface area contributed by atoms with E-state index in [1.807, 2.05) is 0 Å². The Kier molecular flexibility index (Phi) is 5.94. The van der Waals surface area contributed by atoms with Crippen LogP contribution in [-0.2, 0) is 9.53 Å². The Bertz CT molecular complexity index is 768. The first-order valence-corrected chi connectivity index (χ1v) is 7.86. The van der Waals surface area contributed by atoms with Crippen LogP contribution in [0.3, 0.4) is 0 Å². The Morgan fingerprint density at radius 1 is 1.24 bits per heavy atom. The van der Waals surface area contributed by atoms with Gasteiger partial charge in [-0.15, -0.1) is 0 Å². The molecule has 0 aliphatic carbocycles. The van der Waals surface area contributed by atoms with Crippen LogP contribution in [0, 0.1) is 6.92 Å². The van der Waals surface area contributed by atoms with Gasteiger partial charge in [-0.05, 0) is 50.6 Å². The van der Waals surface area contributed by atoms with Gasteiger partial charge in [0.2, 0.25) is 0 Å². The largest absolute Gasteiger partial charge is 0.459 e. The predicted molar refractivity (Wildman–Crippen MR) is 91.4 cm³/mol. The molecule has 1 aromatic heterocycles. The Labute approximate surface area is 145 Å². The first kappa shape index (κ1) is 18.3. The summed E-state index contributed by atoms with van der Waals surface area (Å²) in [5.41, 5.74) is 1.46. The SMILES string of the molecule is CCNC(=O)[C@@H](C)OC(=O)c1ccc(C)c(NC(=O)c2ccco2)c1. The number of ether oxygens (including phenoxy) is 1. The second-order valence-electron chi connectivity index (χ2n) is 5.40.